The van der Waals surface area contributed by atoms with Crippen molar-refractivity contribution in [3.8, 4) is 0 Å². The Morgan fingerprint density at radius 2 is 1.90 bits per heavy atom. The minimum absolute atomic E-state index is 0.154. The molecule has 0 aromatic heterocycles. The fraction of sp³-hybridized carbons (Fsp3) is 0.308. The lowest BCUT2D eigenvalue weighted by atomic mass is 10.1. The molecule has 0 spiro atoms. The number of carbonyl (C=O) groups is 3. The molecule has 0 saturated carbocycles. The lowest BCUT2D eigenvalue weighted by molar-refractivity contribution is -0.124. The Morgan fingerprint density at radius 1 is 1.29 bits per heavy atom. The van der Waals surface area contributed by atoms with Gasteiger partial charge in [-0.15, -0.1) is 0 Å². The summed E-state index contributed by atoms with van der Waals surface area (Å²) in [6.45, 7) is 1.47. The Balaban J connectivity index is 2.68. The zero-order chi connectivity index (χ0) is 15.7. The van der Waals surface area contributed by atoms with Crippen molar-refractivity contribution < 1.29 is 29.2 Å². The quantitative estimate of drug-likeness (QED) is 0.444. The minimum atomic E-state index is -1.14. The van der Waals surface area contributed by atoms with Crippen molar-refractivity contribution in [2.45, 2.75) is 13.0 Å². The predicted molar refractivity (Wildman–Crippen MR) is 71.0 cm³/mol. The maximum absolute atomic E-state index is 11.8. The number of nitrogens with one attached hydrogen (secondary N) is 2. The number of hydrogen-bond donors (Lipinski definition) is 3. The zero-order valence-electron chi connectivity index (χ0n) is 11.4. The molecule has 1 aromatic rings. The number of aliphatic hydroxyl groups is 1. The second-order valence-corrected chi connectivity index (χ2v) is 3.85. The molecular formula is C13H16N2O6. The first kappa shape index (κ1) is 16.8. The molecule has 8 heteroatoms. The number of rotatable bonds is 8. The average molecular weight is 296 g/mol. The summed E-state index contributed by atoms with van der Waals surface area (Å²) >= 11 is 0. The van der Waals surface area contributed by atoms with Crippen LogP contribution >= 0.6 is 0 Å². The number of amides is 2. The molecule has 1 rings (SSSR count). The number of benzene rings is 1. The first-order valence-corrected chi connectivity index (χ1v) is 6.16. The lowest BCUT2D eigenvalue weighted by Crippen LogP contribution is -2.32. The molecule has 1 unspecified atom stereocenters. The van der Waals surface area contributed by atoms with E-state index in [0.29, 0.717) is 12.9 Å². The van der Waals surface area contributed by atoms with E-state index in [2.05, 4.69) is 10.3 Å². The van der Waals surface area contributed by atoms with E-state index >= 15 is 0 Å². The van der Waals surface area contributed by atoms with Crippen LogP contribution in [0, 0.1) is 0 Å². The van der Waals surface area contributed by atoms with E-state index in [1.54, 1.807) is 6.92 Å². The fourth-order valence-corrected chi connectivity index (χ4v) is 1.29. The molecular weight excluding hydrogens is 280 g/mol. The van der Waals surface area contributed by atoms with Crippen molar-refractivity contribution in [3.63, 3.8) is 0 Å². The summed E-state index contributed by atoms with van der Waals surface area (Å²) < 4.78 is 0. The van der Waals surface area contributed by atoms with Crippen LogP contribution in [-0.2, 0) is 14.5 Å². The minimum Gasteiger partial charge on any atom is -0.393 e. The first-order valence-electron chi connectivity index (χ1n) is 6.16. The van der Waals surface area contributed by atoms with Crippen LogP contribution in [-0.4, -0.2) is 42.5 Å². The van der Waals surface area contributed by atoms with E-state index in [1.165, 1.54) is 24.3 Å². The van der Waals surface area contributed by atoms with Crippen LogP contribution in [0.5, 0.6) is 0 Å². The molecule has 1 atom stereocenters. The molecule has 0 aliphatic carbocycles. The van der Waals surface area contributed by atoms with Gasteiger partial charge in [-0.25, -0.2) is 11.0 Å². The molecule has 21 heavy (non-hydrogen) atoms. The summed E-state index contributed by atoms with van der Waals surface area (Å²) in [4.78, 5) is 43.3. The molecule has 2 amide bonds. The zero-order valence-corrected chi connectivity index (χ0v) is 11.4. The third-order valence-corrected chi connectivity index (χ3v) is 2.33. The number of carbonyl (C=O) groups excluding carboxylic acids is 3. The van der Waals surface area contributed by atoms with E-state index in [-0.39, 0.29) is 11.1 Å². The Morgan fingerprint density at radius 3 is 2.43 bits per heavy atom. The highest BCUT2D eigenvalue weighted by atomic mass is 16.7. The van der Waals surface area contributed by atoms with Crippen molar-refractivity contribution in [1.82, 2.24) is 11.0 Å². The molecule has 0 saturated heterocycles. The molecule has 0 bridgehead atoms. The van der Waals surface area contributed by atoms with Gasteiger partial charge in [0.05, 0.1) is 13.2 Å². The topological polar surface area (TPSA) is 114 Å². The van der Waals surface area contributed by atoms with E-state index in [4.69, 9.17) is 9.94 Å². The van der Waals surface area contributed by atoms with Gasteiger partial charge in [0.2, 0.25) is 0 Å². The SMILES string of the molecule is CCONC(=O)c1cccc(C(=O)NOC(C=O)CO)c1. The summed E-state index contributed by atoms with van der Waals surface area (Å²) in [5.41, 5.74) is 4.60. The van der Waals surface area contributed by atoms with E-state index < -0.39 is 24.5 Å². The number of hydrogen-bond acceptors (Lipinski definition) is 6. The second kappa shape index (κ2) is 8.80. The van der Waals surface area contributed by atoms with Gasteiger partial charge in [-0.2, -0.15) is 0 Å². The largest absolute Gasteiger partial charge is 0.393 e. The van der Waals surface area contributed by atoms with E-state index in [9.17, 15) is 14.4 Å². The van der Waals surface area contributed by atoms with Gasteiger partial charge in [0, 0.05) is 11.1 Å². The van der Waals surface area contributed by atoms with Gasteiger partial charge in [0.15, 0.2) is 12.4 Å². The van der Waals surface area contributed by atoms with Crippen LogP contribution in [0.4, 0.5) is 0 Å². The second-order valence-electron chi connectivity index (χ2n) is 3.85. The number of aldehydes is 1. The van der Waals surface area contributed by atoms with Crippen molar-refractivity contribution in [1.29, 1.82) is 0 Å². The van der Waals surface area contributed by atoms with Crippen LogP contribution in [0.25, 0.3) is 0 Å². The molecule has 8 nitrogen and oxygen atoms in total. The molecule has 0 aliphatic heterocycles. The monoisotopic (exact) mass is 296 g/mol. The lowest BCUT2D eigenvalue weighted by Gasteiger charge is -2.10. The molecule has 3 N–H and O–H groups in total. The summed E-state index contributed by atoms with van der Waals surface area (Å²) in [6, 6.07) is 5.82. The Labute approximate surface area is 120 Å². The van der Waals surface area contributed by atoms with Gasteiger partial charge >= 0.3 is 0 Å². The molecule has 0 fully saturated rings. The predicted octanol–water partition coefficient (Wildman–Crippen LogP) is -0.411. The smallest absolute Gasteiger partial charge is 0.274 e. The van der Waals surface area contributed by atoms with Crippen LogP contribution in [0.3, 0.4) is 0 Å². The van der Waals surface area contributed by atoms with Crippen LogP contribution < -0.4 is 11.0 Å². The molecule has 0 heterocycles. The van der Waals surface area contributed by atoms with Crippen LogP contribution in [0.1, 0.15) is 27.6 Å². The van der Waals surface area contributed by atoms with Gasteiger partial charge in [-0.3, -0.25) is 19.3 Å². The first-order chi connectivity index (χ1) is 10.1. The summed E-state index contributed by atoms with van der Waals surface area (Å²) in [5.74, 6) is -1.14. The molecule has 114 valence electrons. The summed E-state index contributed by atoms with van der Waals surface area (Å²) in [7, 11) is 0. The Hall–Kier alpha value is -2.29. The fourth-order valence-electron chi connectivity index (χ4n) is 1.29. The third kappa shape index (κ3) is 5.30. The number of hydroxylamine groups is 2. The highest BCUT2D eigenvalue weighted by molar-refractivity contribution is 5.99. The molecule has 0 radical (unpaired) electrons. The van der Waals surface area contributed by atoms with Gasteiger partial charge in [0.1, 0.15) is 0 Å². The standard InChI is InChI=1S/C13H16N2O6/c1-2-20-14-12(18)9-4-3-5-10(6-9)13(19)15-21-11(7-16)8-17/h3-7,11,17H,2,8H2,1H3,(H,14,18)(H,15,19). The molecule has 0 aliphatic rings. The van der Waals surface area contributed by atoms with Crippen molar-refractivity contribution in [2.24, 2.45) is 0 Å². The molecule has 1 aromatic carbocycles. The van der Waals surface area contributed by atoms with Gasteiger partial charge in [0.25, 0.3) is 11.8 Å². The van der Waals surface area contributed by atoms with Crippen molar-refractivity contribution >= 4 is 18.1 Å². The van der Waals surface area contributed by atoms with E-state index in [0.717, 1.165) is 0 Å². The van der Waals surface area contributed by atoms with Crippen molar-refractivity contribution in [2.75, 3.05) is 13.2 Å². The Kier molecular flexibility index (Phi) is 7.02. The third-order valence-electron chi connectivity index (χ3n) is 2.33. The van der Waals surface area contributed by atoms with Crippen molar-refractivity contribution in [3.05, 3.63) is 35.4 Å². The van der Waals surface area contributed by atoms with Gasteiger partial charge < -0.3 is 9.90 Å². The average Bonchev–Trinajstić information content (AvgIpc) is 2.53. The summed E-state index contributed by atoms with van der Waals surface area (Å²) in [5, 5.41) is 8.73. The summed E-state index contributed by atoms with van der Waals surface area (Å²) in [6.07, 6.45) is -0.787. The maximum atomic E-state index is 11.8. The maximum Gasteiger partial charge on any atom is 0.274 e. The van der Waals surface area contributed by atoms with Crippen LogP contribution in [0.2, 0.25) is 0 Å². The van der Waals surface area contributed by atoms with Crippen LogP contribution in [0.15, 0.2) is 24.3 Å². The Bertz CT molecular complexity index is 505. The number of aliphatic hydroxyl groups excluding tert-OH is 1. The highest BCUT2D eigenvalue weighted by Crippen LogP contribution is 2.05. The van der Waals surface area contributed by atoms with E-state index in [1.807, 2.05) is 5.48 Å². The normalized spacial score (nSPS) is 11.5. The highest BCUT2D eigenvalue weighted by Gasteiger charge is 2.13. The van der Waals surface area contributed by atoms with Gasteiger partial charge in [-0.05, 0) is 25.1 Å². The van der Waals surface area contributed by atoms with Gasteiger partial charge in [-0.1, -0.05) is 6.07 Å².